The summed E-state index contributed by atoms with van der Waals surface area (Å²) in [7, 11) is 0. The van der Waals surface area contributed by atoms with Gasteiger partial charge in [0, 0.05) is 24.1 Å². The fourth-order valence-corrected chi connectivity index (χ4v) is 1.55. The van der Waals surface area contributed by atoms with Crippen LogP contribution in [0.5, 0.6) is 0 Å². The molecule has 1 heterocycles. The molecule has 0 radical (unpaired) electrons. The number of halogens is 2. The van der Waals surface area contributed by atoms with Crippen LogP contribution in [-0.2, 0) is 0 Å². The monoisotopic (exact) mass is 237 g/mol. The van der Waals surface area contributed by atoms with Crippen molar-refractivity contribution >= 4 is 0 Å². The molecule has 90 valence electrons. The molecule has 5 heteroatoms. The summed E-state index contributed by atoms with van der Waals surface area (Å²) in [5, 5.41) is 0. The van der Waals surface area contributed by atoms with Crippen molar-refractivity contribution in [3.05, 3.63) is 41.9 Å². The summed E-state index contributed by atoms with van der Waals surface area (Å²) >= 11 is 0. The first kappa shape index (κ1) is 11.7. The number of aromatic nitrogens is 2. The fourth-order valence-electron chi connectivity index (χ4n) is 1.55. The molecule has 0 saturated heterocycles. The van der Waals surface area contributed by atoms with Crippen molar-refractivity contribution in [1.29, 1.82) is 0 Å². The van der Waals surface area contributed by atoms with E-state index in [1.807, 2.05) is 6.92 Å². The number of hydrogen-bond donors (Lipinski definition) is 2. The Labute approximate surface area is 97.7 Å². The minimum Gasteiger partial charge on any atom is -0.342 e. The van der Waals surface area contributed by atoms with Gasteiger partial charge in [0.25, 0.3) is 0 Å². The molecule has 2 aromatic rings. The number of nitrogens with one attached hydrogen (secondary N) is 1. The lowest BCUT2D eigenvalue weighted by Gasteiger charge is -2.03. The van der Waals surface area contributed by atoms with E-state index in [1.54, 1.807) is 6.20 Å². The molecular weight excluding hydrogens is 224 g/mol. The van der Waals surface area contributed by atoms with Crippen LogP contribution < -0.4 is 5.73 Å². The van der Waals surface area contributed by atoms with E-state index in [0.29, 0.717) is 23.6 Å². The second-order valence-electron chi connectivity index (χ2n) is 3.98. The Morgan fingerprint density at radius 1 is 1.29 bits per heavy atom. The lowest BCUT2D eigenvalue weighted by molar-refractivity contribution is 0.584. The number of nitrogens with two attached hydrogens (primary N) is 1. The molecule has 1 aromatic heterocycles. The smallest absolute Gasteiger partial charge is 0.126 e. The van der Waals surface area contributed by atoms with Crippen LogP contribution in [-0.4, -0.2) is 16.5 Å². The molecule has 2 rings (SSSR count). The molecular formula is C12H13F2N3. The topological polar surface area (TPSA) is 54.7 Å². The van der Waals surface area contributed by atoms with Gasteiger partial charge in [-0.05, 0) is 12.1 Å². The molecule has 3 nitrogen and oxygen atoms in total. The molecule has 0 amide bonds. The van der Waals surface area contributed by atoms with Gasteiger partial charge in [-0.1, -0.05) is 6.92 Å². The highest BCUT2D eigenvalue weighted by atomic mass is 19.1. The van der Waals surface area contributed by atoms with Gasteiger partial charge in [-0.25, -0.2) is 13.8 Å². The molecule has 0 spiro atoms. The van der Waals surface area contributed by atoms with Crippen molar-refractivity contribution in [2.75, 3.05) is 6.54 Å². The van der Waals surface area contributed by atoms with E-state index in [-0.39, 0.29) is 5.92 Å². The van der Waals surface area contributed by atoms with E-state index < -0.39 is 11.6 Å². The van der Waals surface area contributed by atoms with Crippen LogP contribution in [0.2, 0.25) is 0 Å². The standard InChI is InChI=1S/C12H13F2N3/c1-7(5-15)12-16-6-11(17-12)8-2-9(13)4-10(14)3-8/h2-4,6-7H,5,15H2,1H3,(H,16,17). The first-order chi connectivity index (χ1) is 8.10. The number of H-pyrrole nitrogens is 1. The van der Waals surface area contributed by atoms with Crippen molar-refractivity contribution < 1.29 is 8.78 Å². The zero-order valence-electron chi connectivity index (χ0n) is 9.37. The first-order valence-electron chi connectivity index (χ1n) is 5.31. The highest BCUT2D eigenvalue weighted by Gasteiger charge is 2.10. The lowest BCUT2D eigenvalue weighted by atomic mass is 10.1. The molecule has 1 unspecified atom stereocenters. The minimum absolute atomic E-state index is 0.0853. The second kappa shape index (κ2) is 4.63. The Bertz CT molecular complexity index is 502. The molecule has 3 N–H and O–H groups in total. The van der Waals surface area contributed by atoms with Gasteiger partial charge in [-0.15, -0.1) is 0 Å². The van der Waals surface area contributed by atoms with E-state index in [4.69, 9.17) is 5.73 Å². The quantitative estimate of drug-likeness (QED) is 0.861. The third kappa shape index (κ3) is 2.50. The van der Waals surface area contributed by atoms with Crippen molar-refractivity contribution in [1.82, 2.24) is 9.97 Å². The van der Waals surface area contributed by atoms with E-state index in [0.717, 1.165) is 6.07 Å². The maximum Gasteiger partial charge on any atom is 0.126 e. The van der Waals surface area contributed by atoms with Crippen molar-refractivity contribution in [3.63, 3.8) is 0 Å². The molecule has 0 fully saturated rings. The number of nitrogens with zero attached hydrogens (tertiary/aromatic N) is 1. The van der Waals surface area contributed by atoms with Crippen LogP contribution in [0.3, 0.4) is 0 Å². The summed E-state index contributed by atoms with van der Waals surface area (Å²) in [4.78, 5) is 7.15. The highest BCUT2D eigenvalue weighted by Crippen LogP contribution is 2.21. The third-order valence-corrected chi connectivity index (χ3v) is 2.59. The van der Waals surface area contributed by atoms with Crippen LogP contribution in [0.15, 0.2) is 24.4 Å². The predicted octanol–water partition coefficient (Wildman–Crippen LogP) is 2.42. The summed E-state index contributed by atoms with van der Waals surface area (Å²) in [5.41, 5.74) is 6.54. The Kier molecular flexibility index (Phi) is 3.19. The number of hydrogen-bond acceptors (Lipinski definition) is 2. The summed E-state index contributed by atoms with van der Waals surface area (Å²) in [5.74, 6) is -0.416. The van der Waals surface area contributed by atoms with Crippen LogP contribution >= 0.6 is 0 Å². The first-order valence-corrected chi connectivity index (χ1v) is 5.31. The van der Waals surface area contributed by atoms with Gasteiger partial charge < -0.3 is 10.7 Å². The van der Waals surface area contributed by atoms with Crippen LogP contribution in [0.25, 0.3) is 11.3 Å². The van der Waals surface area contributed by atoms with Gasteiger partial charge >= 0.3 is 0 Å². The molecule has 0 saturated carbocycles. The SMILES string of the molecule is CC(CN)c1ncc(-c2cc(F)cc(F)c2)[nH]1. The third-order valence-electron chi connectivity index (χ3n) is 2.59. The molecule has 0 aliphatic carbocycles. The molecule has 0 aliphatic rings. The highest BCUT2D eigenvalue weighted by molar-refractivity contribution is 5.58. The predicted molar refractivity (Wildman–Crippen MR) is 61.4 cm³/mol. The maximum atomic E-state index is 13.1. The zero-order valence-corrected chi connectivity index (χ0v) is 9.37. The fraction of sp³-hybridized carbons (Fsp3) is 0.250. The summed E-state index contributed by atoms with van der Waals surface area (Å²) in [6.45, 7) is 2.39. The van der Waals surface area contributed by atoms with E-state index in [1.165, 1.54) is 12.1 Å². The van der Waals surface area contributed by atoms with Crippen LogP contribution in [0.4, 0.5) is 8.78 Å². The van der Waals surface area contributed by atoms with Crippen molar-refractivity contribution in [2.45, 2.75) is 12.8 Å². The van der Waals surface area contributed by atoms with E-state index >= 15 is 0 Å². The van der Waals surface area contributed by atoms with E-state index in [2.05, 4.69) is 9.97 Å². The van der Waals surface area contributed by atoms with Crippen molar-refractivity contribution in [3.8, 4) is 11.3 Å². The normalized spacial score (nSPS) is 12.7. The summed E-state index contributed by atoms with van der Waals surface area (Å²) in [6, 6.07) is 3.35. The number of rotatable bonds is 3. The van der Waals surface area contributed by atoms with Gasteiger partial charge in [0.05, 0.1) is 11.9 Å². The van der Waals surface area contributed by atoms with Crippen molar-refractivity contribution in [2.24, 2.45) is 5.73 Å². The van der Waals surface area contributed by atoms with Crippen LogP contribution in [0, 0.1) is 11.6 Å². The van der Waals surface area contributed by atoms with E-state index in [9.17, 15) is 8.78 Å². The Morgan fingerprint density at radius 2 is 1.94 bits per heavy atom. The summed E-state index contributed by atoms with van der Waals surface area (Å²) < 4.78 is 26.1. The molecule has 1 atom stereocenters. The van der Waals surface area contributed by atoms with Gasteiger partial charge in [-0.2, -0.15) is 0 Å². The molecule has 17 heavy (non-hydrogen) atoms. The van der Waals surface area contributed by atoms with Gasteiger partial charge in [0.15, 0.2) is 0 Å². The maximum absolute atomic E-state index is 13.1. The average Bonchev–Trinajstić information content (AvgIpc) is 2.76. The summed E-state index contributed by atoms with van der Waals surface area (Å²) in [6.07, 6.45) is 1.55. The van der Waals surface area contributed by atoms with Gasteiger partial charge in [0.1, 0.15) is 17.5 Å². The largest absolute Gasteiger partial charge is 0.342 e. The Morgan fingerprint density at radius 3 is 2.53 bits per heavy atom. The van der Waals surface area contributed by atoms with Crippen LogP contribution in [0.1, 0.15) is 18.7 Å². The lowest BCUT2D eigenvalue weighted by Crippen LogP contribution is -2.10. The van der Waals surface area contributed by atoms with Gasteiger partial charge in [0.2, 0.25) is 0 Å². The Balaban J connectivity index is 2.36. The Hall–Kier alpha value is -1.75. The number of aromatic amines is 1. The van der Waals surface area contributed by atoms with Gasteiger partial charge in [-0.3, -0.25) is 0 Å². The zero-order chi connectivity index (χ0) is 12.4. The number of benzene rings is 1. The molecule has 0 bridgehead atoms. The minimum atomic E-state index is -0.608. The number of imidazole rings is 1. The molecule has 1 aromatic carbocycles. The molecule has 0 aliphatic heterocycles. The second-order valence-corrected chi connectivity index (χ2v) is 3.98. The average molecular weight is 237 g/mol.